The van der Waals surface area contributed by atoms with E-state index >= 15 is 0 Å². The van der Waals surface area contributed by atoms with Crippen LogP contribution in [0.25, 0.3) is 0 Å². The Kier molecular flexibility index (Phi) is 6.70. The zero-order valence-corrected chi connectivity index (χ0v) is 19.0. The van der Waals surface area contributed by atoms with Gasteiger partial charge in [-0.25, -0.2) is 0 Å². The summed E-state index contributed by atoms with van der Waals surface area (Å²) in [5.74, 6) is -0.132. The van der Waals surface area contributed by atoms with Crippen LogP contribution in [0.15, 0.2) is 30.3 Å². The van der Waals surface area contributed by atoms with Gasteiger partial charge < -0.3 is 0 Å². The summed E-state index contributed by atoms with van der Waals surface area (Å²) < 4.78 is 11.7. The van der Waals surface area contributed by atoms with Gasteiger partial charge in [0, 0.05) is 0 Å². The van der Waals surface area contributed by atoms with E-state index in [2.05, 4.69) is 31.8 Å². The molecule has 0 heterocycles. The monoisotopic (exact) mass is 468 g/mol. The van der Waals surface area contributed by atoms with Crippen LogP contribution in [0.3, 0.4) is 0 Å². The molecule has 0 radical (unpaired) electrons. The van der Waals surface area contributed by atoms with Gasteiger partial charge in [0.05, 0.1) is 0 Å². The Morgan fingerprint density at radius 3 is 2.21 bits per heavy atom. The van der Waals surface area contributed by atoms with Crippen molar-refractivity contribution in [3.8, 4) is 0 Å². The standard InChI is InChI=1S/C12H19OSi.C2H4O2.Hg/c1-13-12(10-14(2,3)4)11-8-6-5-7-9-11;1-2(3)4;/h5-10,12H,1-4H3;1H3,(H,3,4);/q;;+1/p-1. The first-order valence-corrected chi connectivity index (χ1v) is 15.6. The summed E-state index contributed by atoms with van der Waals surface area (Å²) in [6.45, 7) is 8.49. The molecule has 2 unspecified atom stereocenters. The van der Waals surface area contributed by atoms with E-state index in [0.717, 1.165) is 0 Å². The number of carbonyl (C=O) groups excluding carboxylic acids is 1. The van der Waals surface area contributed by atoms with Gasteiger partial charge in [0.25, 0.3) is 0 Å². The summed E-state index contributed by atoms with van der Waals surface area (Å²) in [4.78, 5) is 11.1. The van der Waals surface area contributed by atoms with Crippen LogP contribution in [0, 0.1) is 0 Å². The van der Waals surface area contributed by atoms with Crippen molar-refractivity contribution in [3.05, 3.63) is 35.9 Å². The molecule has 0 amide bonds. The molecule has 2 atom stereocenters. The molecule has 0 saturated heterocycles. The SMILES string of the molecule is COC(c1ccccc1)[CH]([Hg][O]C(C)=O)[Si](C)(C)C. The number of rotatable bonds is 6. The number of benzene rings is 1. The number of methoxy groups -OCH3 is 1. The molecule has 0 aliphatic rings. The van der Waals surface area contributed by atoms with E-state index in [4.69, 9.17) is 7.38 Å². The Morgan fingerprint density at radius 1 is 1.21 bits per heavy atom. The average Bonchev–Trinajstić information content (AvgIpc) is 2.33. The van der Waals surface area contributed by atoms with Gasteiger partial charge in [-0.15, -0.1) is 0 Å². The van der Waals surface area contributed by atoms with Crippen LogP contribution in [-0.4, -0.2) is 21.2 Å². The average molecular weight is 467 g/mol. The molecule has 0 spiro atoms. The molecule has 1 aromatic rings. The van der Waals surface area contributed by atoms with Crippen molar-refractivity contribution >= 4 is 14.0 Å². The zero-order valence-electron chi connectivity index (χ0n) is 12.5. The van der Waals surface area contributed by atoms with E-state index in [9.17, 15) is 4.79 Å². The number of hydrogen-bond acceptors (Lipinski definition) is 3. The first-order chi connectivity index (χ1) is 8.86. The van der Waals surface area contributed by atoms with Crippen LogP contribution in [0.5, 0.6) is 0 Å². The first-order valence-electron chi connectivity index (χ1n) is 6.57. The Bertz CT molecular complexity index is 403. The number of hydrogen-bond donors (Lipinski definition) is 0. The van der Waals surface area contributed by atoms with Crippen LogP contribution in [0.4, 0.5) is 0 Å². The van der Waals surface area contributed by atoms with Crippen LogP contribution >= 0.6 is 0 Å². The molecular formula is C14H22HgO3Si. The third-order valence-corrected chi connectivity index (χ3v) is 26.9. The van der Waals surface area contributed by atoms with Crippen molar-refractivity contribution in [1.82, 2.24) is 0 Å². The second kappa shape index (κ2) is 7.55. The van der Waals surface area contributed by atoms with Gasteiger partial charge in [-0.05, 0) is 0 Å². The van der Waals surface area contributed by atoms with Crippen molar-refractivity contribution in [2.45, 2.75) is 35.7 Å². The van der Waals surface area contributed by atoms with Crippen molar-refractivity contribution in [2.24, 2.45) is 0 Å². The van der Waals surface area contributed by atoms with Crippen LogP contribution < -0.4 is 0 Å². The van der Waals surface area contributed by atoms with Gasteiger partial charge in [0.1, 0.15) is 0 Å². The molecule has 19 heavy (non-hydrogen) atoms. The third kappa shape index (κ3) is 5.36. The summed E-state index contributed by atoms with van der Waals surface area (Å²) in [6.07, 6.45) is 0.0777. The molecule has 0 aromatic heterocycles. The number of ether oxygens (including phenoxy) is 1. The van der Waals surface area contributed by atoms with Gasteiger partial charge in [0.2, 0.25) is 0 Å². The predicted molar refractivity (Wildman–Crippen MR) is 75.1 cm³/mol. The molecule has 0 saturated carbocycles. The van der Waals surface area contributed by atoms with Gasteiger partial charge >= 0.3 is 130 Å². The fourth-order valence-corrected chi connectivity index (χ4v) is 14.6. The molecule has 0 aliphatic heterocycles. The fraction of sp³-hybridized carbons (Fsp3) is 0.500. The van der Waals surface area contributed by atoms with Crippen molar-refractivity contribution in [2.75, 3.05) is 7.11 Å². The maximum atomic E-state index is 11.1. The quantitative estimate of drug-likeness (QED) is 0.601. The van der Waals surface area contributed by atoms with Gasteiger partial charge in [0.15, 0.2) is 0 Å². The Hall–Kier alpha value is -0.198. The second-order valence-electron chi connectivity index (χ2n) is 5.84. The van der Waals surface area contributed by atoms with E-state index in [1.54, 1.807) is 7.11 Å². The van der Waals surface area contributed by atoms with Crippen LogP contribution in [0.1, 0.15) is 18.6 Å². The fourth-order valence-electron chi connectivity index (χ4n) is 2.17. The first kappa shape index (κ1) is 16.9. The van der Waals surface area contributed by atoms with E-state index in [1.165, 1.54) is 12.5 Å². The maximum absolute atomic E-state index is 11.1. The topological polar surface area (TPSA) is 35.5 Å². The minimum atomic E-state index is -1.76. The van der Waals surface area contributed by atoms with Crippen molar-refractivity contribution < 1.29 is 37.2 Å². The van der Waals surface area contributed by atoms with Crippen molar-refractivity contribution in [3.63, 3.8) is 0 Å². The summed E-state index contributed by atoms with van der Waals surface area (Å²) >= 11 is -1.76. The van der Waals surface area contributed by atoms with Crippen LogP contribution in [0.2, 0.25) is 22.7 Å². The zero-order chi connectivity index (χ0) is 14.5. The number of carbonyl (C=O) groups is 1. The summed E-state index contributed by atoms with van der Waals surface area (Å²) in [5, 5.41) is 0. The molecule has 1 aromatic carbocycles. The predicted octanol–water partition coefficient (Wildman–Crippen LogP) is 3.60. The van der Waals surface area contributed by atoms with Gasteiger partial charge in [-0.2, -0.15) is 0 Å². The Labute approximate surface area is 129 Å². The molecule has 0 fully saturated rings. The van der Waals surface area contributed by atoms with E-state index in [1.807, 2.05) is 18.2 Å². The summed E-state index contributed by atoms with van der Waals surface area (Å²) in [6, 6.07) is 10.3. The third-order valence-electron chi connectivity index (χ3n) is 3.33. The molecular weight excluding hydrogens is 445 g/mol. The molecule has 3 nitrogen and oxygen atoms in total. The molecule has 102 valence electrons. The molecule has 5 heteroatoms. The molecule has 0 bridgehead atoms. The van der Waals surface area contributed by atoms with Gasteiger partial charge in [-0.1, -0.05) is 0 Å². The second-order valence-corrected chi connectivity index (χ2v) is 20.3. The van der Waals surface area contributed by atoms with E-state index in [0.29, 0.717) is 3.05 Å². The normalized spacial score (nSPS) is 14.4. The molecule has 0 N–H and O–H groups in total. The van der Waals surface area contributed by atoms with E-state index < -0.39 is 33.1 Å². The Morgan fingerprint density at radius 2 is 1.79 bits per heavy atom. The summed E-state index contributed by atoms with van der Waals surface area (Å²) in [5.41, 5.74) is 1.20. The molecule has 1 rings (SSSR count). The van der Waals surface area contributed by atoms with Gasteiger partial charge in [-0.3, -0.25) is 0 Å². The summed E-state index contributed by atoms with van der Waals surface area (Å²) in [7, 11) is 0.333. The van der Waals surface area contributed by atoms with E-state index in [-0.39, 0.29) is 12.1 Å². The minimum absolute atomic E-state index is 0.0777. The molecule has 0 aliphatic carbocycles. The van der Waals surface area contributed by atoms with Crippen LogP contribution in [-0.2, 0) is 37.2 Å². The van der Waals surface area contributed by atoms with Crippen molar-refractivity contribution in [1.29, 1.82) is 0 Å². The Balaban J connectivity index is 2.97.